The quantitative estimate of drug-likeness (QED) is 0.281. The molecule has 0 aromatic carbocycles. The summed E-state index contributed by atoms with van der Waals surface area (Å²) in [6, 6.07) is 0. The molecule has 7 heteroatoms. The Morgan fingerprint density at radius 3 is 2.27 bits per heavy atom. The third kappa shape index (κ3) is 3.11. The number of hydrogen-bond donors (Lipinski definition) is 4. The van der Waals surface area contributed by atoms with Gasteiger partial charge in [-0.25, -0.2) is 0 Å². The first-order chi connectivity index (χ1) is 6.93. The molecule has 0 amide bonds. The number of aliphatic hydroxyl groups excluding tert-OH is 4. The van der Waals surface area contributed by atoms with Gasteiger partial charge in [0.25, 0.3) is 6.47 Å². The summed E-state index contributed by atoms with van der Waals surface area (Å²) >= 11 is 0. The van der Waals surface area contributed by atoms with E-state index >= 15 is 0 Å². The van der Waals surface area contributed by atoms with Crippen molar-refractivity contribution < 1.29 is 34.7 Å². The average Bonchev–Trinajstić information content (AvgIpc) is 2.26. The molecule has 0 bridgehead atoms. The Morgan fingerprint density at radius 2 is 1.93 bits per heavy atom. The molecule has 4 unspecified atom stereocenters. The predicted molar refractivity (Wildman–Crippen MR) is 47.7 cm³/mol. The molecule has 4 N–H and O–H groups in total. The van der Waals surface area contributed by atoms with Crippen LogP contribution in [0.3, 0.4) is 0 Å². The highest BCUT2D eigenvalue weighted by atomic mass is 16.7. The van der Waals surface area contributed by atoms with Crippen LogP contribution < -0.4 is 0 Å². The molecular weight excluding hydrogens is 208 g/mol. The molecule has 0 aromatic heterocycles. The van der Waals surface area contributed by atoms with Crippen LogP contribution in [0.5, 0.6) is 0 Å². The van der Waals surface area contributed by atoms with E-state index in [1.807, 2.05) is 0 Å². The number of methoxy groups -OCH3 is 1. The summed E-state index contributed by atoms with van der Waals surface area (Å²) in [5.74, 6) is 0. The maximum Gasteiger partial charge on any atom is 0.295 e. The van der Waals surface area contributed by atoms with Crippen molar-refractivity contribution in [2.24, 2.45) is 0 Å². The van der Waals surface area contributed by atoms with Crippen LogP contribution in [0.1, 0.15) is 6.92 Å². The molecular formula is C8H16O7. The first kappa shape index (κ1) is 14.3. The normalized spacial score (nSPS) is 21.2. The van der Waals surface area contributed by atoms with E-state index in [0.29, 0.717) is 0 Å². The number of carbonyl (C=O) groups is 1. The van der Waals surface area contributed by atoms with E-state index in [4.69, 9.17) is 9.84 Å². The Kier molecular flexibility index (Phi) is 5.69. The zero-order valence-corrected chi connectivity index (χ0v) is 8.53. The molecule has 90 valence electrons. The lowest BCUT2D eigenvalue weighted by atomic mass is 9.94. The van der Waals surface area contributed by atoms with Gasteiger partial charge in [0.15, 0.2) is 5.60 Å². The first-order valence-electron chi connectivity index (χ1n) is 4.23. The van der Waals surface area contributed by atoms with Crippen molar-refractivity contribution in [2.75, 3.05) is 13.7 Å². The van der Waals surface area contributed by atoms with Gasteiger partial charge in [0.05, 0.1) is 6.61 Å². The Morgan fingerprint density at radius 1 is 1.40 bits per heavy atom. The van der Waals surface area contributed by atoms with E-state index in [9.17, 15) is 20.1 Å². The Balaban J connectivity index is 4.73. The number of aliphatic hydroxyl groups is 4. The lowest BCUT2D eigenvalue weighted by Gasteiger charge is -2.37. The number of ether oxygens (including phenoxy) is 2. The fourth-order valence-corrected chi connectivity index (χ4v) is 1.04. The monoisotopic (exact) mass is 224 g/mol. The van der Waals surface area contributed by atoms with Crippen LogP contribution in [0.15, 0.2) is 0 Å². The van der Waals surface area contributed by atoms with Crippen LogP contribution in [0.4, 0.5) is 0 Å². The van der Waals surface area contributed by atoms with Gasteiger partial charge in [-0.05, 0) is 6.92 Å². The van der Waals surface area contributed by atoms with Crippen LogP contribution in [-0.2, 0) is 14.3 Å². The lowest BCUT2D eigenvalue weighted by Crippen LogP contribution is -2.57. The van der Waals surface area contributed by atoms with Crippen molar-refractivity contribution in [3.05, 3.63) is 0 Å². The summed E-state index contributed by atoms with van der Waals surface area (Å²) in [5.41, 5.74) is -1.72. The SMILES string of the molecule is COC(C)(C(O)OC=O)C(O)C(O)CO. The molecule has 4 atom stereocenters. The van der Waals surface area contributed by atoms with Gasteiger partial charge in [-0.15, -0.1) is 0 Å². The van der Waals surface area contributed by atoms with Crippen LogP contribution in [-0.4, -0.2) is 64.7 Å². The maximum atomic E-state index is 10.0. The van der Waals surface area contributed by atoms with Gasteiger partial charge in [0, 0.05) is 7.11 Å². The van der Waals surface area contributed by atoms with Crippen molar-refractivity contribution in [1.82, 2.24) is 0 Å². The second-order valence-corrected chi connectivity index (χ2v) is 3.17. The van der Waals surface area contributed by atoms with Crippen LogP contribution in [0, 0.1) is 0 Å². The van der Waals surface area contributed by atoms with E-state index in [2.05, 4.69) is 4.74 Å². The van der Waals surface area contributed by atoms with Crippen molar-refractivity contribution in [3.8, 4) is 0 Å². The van der Waals surface area contributed by atoms with Gasteiger partial charge in [0.1, 0.15) is 12.2 Å². The van der Waals surface area contributed by atoms with E-state index < -0.39 is 30.7 Å². The molecule has 0 aliphatic heterocycles. The molecule has 0 heterocycles. The fraction of sp³-hybridized carbons (Fsp3) is 0.875. The summed E-state index contributed by atoms with van der Waals surface area (Å²) < 4.78 is 8.99. The molecule has 0 aliphatic carbocycles. The molecule has 0 aromatic rings. The van der Waals surface area contributed by atoms with Crippen molar-refractivity contribution in [1.29, 1.82) is 0 Å². The molecule has 15 heavy (non-hydrogen) atoms. The number of rotatable bonds is 7. The highest BCUT2D eigenvalue weighted by Crippen LogP contribution is 2.22. The van der Waals surface area contributed by atoms with Gasteiger partial charge < -0.3 is 29.9 Å². The standard InChI is InChI=1S/C8H16O7/c1-8(14-2,7(13)15-4-10)6(12)5(11)3-9/h4-7,9,11-13H,3H2,1-2H3. The van der Waals surface area contributed by atoms with Gasteiger partial charge in [-0.1, -0.05) is 0 Å². The molecule has 7 nitrogen and oxygen atoms in total. The van der Waals surface area contributed by atoms with E-state index in [-0.39, 0.29) is 6.47 Å². The molecule has 0 spiro atoms. The summed E-state index contributed by atoms with van der Waals surface area (Å²) in [6.45, 7) is 0.499. The first-order valence-corrected chi connectivity index (χ1v) is 4.23. The van der Waals surface area contributed by atoms with Crippen molar-refractivity contribution >= 4 is 6.47 Å². The predicted octanol–water partition coefficient (Wildman–Crippen LogP) is -2.40. The van der Waals surface area contributed by atoms with Gasteiger partial charge in [0.2, 0.25) is 6.29 Å². The van der Waals surface area contributed by atoms with E-state index in [0.717, 1.165) is 7.11 Å². The average molecular weight is 224 g/mol. The van der Waals surface area contributed by atoms with Crippen LogP contribution in [0.25, 0.3) is 0 Å². The zero-order valence-electron chi connectivity index (χ0n) is 8.53. The van der Waals surface area contributed by atoms with E-state index in [1.54, 1.807) is 0 Å². The third-order valence-electron chi connectivity index (χ3n) is 2.25. The van der Waals surface area contributed by atoms with Crippen molar-refractivity contribution in [3.63, 3.8) is 0 Å². The molecule has 0 saturated carbocycles. The largest absolute Gasteiger partial charge is 0.435 e. The van der Waals surface area contributed by atoms with Gasteiger partial charge in [-0.2, -0.15) is 0 Å². The third-order valence-corrected chi connectivity index (χ3v) is 2.25. The topological polar surface area (TPSA) is 116 Å². The molecule has 0 rings (SSSR count). The minimum atomic E-state index is -1.75. The maximum absolute atomic E-state index is 10.0. The summed E-state index contributed by atoms with van der Waals surface area (Å²) in [7, 11) is 1.16. The van der Waals surface area contributed by atoms with Crippen LogP contribution >= 0.6 is 0 Å². The number of hydrogen-bond acceptors (Lipinski definition) is 7. The molecule has 0 fully saturated rings. The molecule has 0 radical (unpaired) electrons. The minimum absolute atomic E-state index is 0.0139. The Labute approximate surface area is 86.9 Å². The Bertz CT molecular complexity index is 197. The second-order valence-electron chi connectivity index (χ2n) is 3.17. The van der Waals surface area contributed by atoms with Gasteiger partial charge in [-0.3, -0.25) is 4.79 Å². The zero-order chi connectivity index (χ0) is 12.1. The fourth-order valence-electron chi connectivity index (χ4n) is 1.04. The summed E-state index contributed by atoms with van der Waals surface area (Å²) in [4.78, 5) is 10.0. The molecule has 0 saturated heterocycles. The lowest BCUT2D eigenvalue weighted by molar-refractivity contribution is -0.251. The van der Waals surface area contributed by atoms with E-state index in [1.165, 1.54) is 6.92 Å². The smallest absolute Gasteiger partial charge is 0.295 e. The molecule has 0 aliphatic rings. The van der Waals surface area contributed by atoms with Crippen molar-refractivity contribution in [2.45, 2.75) is 31.0 Å². The van der Waals surface area contributed by atoms with Crippen LogP contribution in [0.2, 0.25) is 0 Å². The minimum Gasteiger partial charge on any atom is -0.435 e. The summed E-state index contributed by atoms with van der Waals surface area (Å²) in [5, 5.41) is 36.7. The Hall–Kier alpha value is -0.730. The number of carbonyl (C=O) groups excluding carboxylic acids is 1. The second kappa shape index (κ2) is 5.99. The highest BCUT2D eigenvalue weighted by Gasteiger charge is 2.45. The van der Waals surface area contributed by atoms with Gasteiger partial charge >= 0.3 is 0 Å². The highest BCUT2D eigenvalue weighted by molar-refractivity contribution is 5.37. The summed E-state index contributed by atoms with van der Waals surface area (Å²) in [6.07, 6.45) is -4.88.